The molecule has 3 rings (SSSR count). The Kier molecular flexibility index (Phi) is 7.20. The number of primary amides is 1. The van der Waals surface area contributed by atoms with Gasteiger partial charge in [-0.25, -0.2) is 4.79 Å². The summed E-state index contributed by atoms with van der Waals surface area (Å²) in [5, 5.41) is 13.7. The highest BCUT2D eigenvalue weighted by molar-refractivity contribution is 7.99. The lowest BCUT2D eigenvalue weighted by molar-refractivity contribution is -0.384. The summed E-state index contributed by atoms with van der Waals surface area (Å²) in [6.45, 7) is 8.61. The van der Waals surface area contributed by atoms with Crippen LogP contribution in [0.1, 0.15) is 50.7 Å². The number of carbonyl (C=O) groups excluding carboxylic acids is 1. The van der Waals surface area contributed by atoms with Gasteiger partial charge in [0, 0.05) is 27.5 Å². The SMILES string of the molecule is CC(C)c1cccc(C(C)C)c1-c1cc(Sc2ccc([N+](=O)[O-])cc2)ccc1NC(N)=O. The molecular weight excluding hydrogens is 422 g/mol. The monoisotopic (exact) mass is 449 g/mol. The van der Waals surface area contributed by atoms with Gasteiger partial charge in [0.2, 0.25) is 0 Å². The molecule has 7 heteroatoms. The van der Waals surface area contributed by atoms with Crippen molar-refractivity contribution in [1.82, 2.24) is 0 Å². The van der Waals surface area contributed by atoms with Gasteiger partial charge in [0.1, 0.15) is 0 Å². The van der Waals surface area contributed by atoms with Crippen LogP contribution in [-0.2, 0) is 0 Å². The number of hydrogen-bond acceptors (Lipinski definition) is 4. The highest BCUT2D eigenvalue weighted by Crippen LogP contribution is 2.42. The van der Waals surface area contributed by atoms with Crippen LogP contribution < -0.4 is 11.1 Å². The third-order valence-electron chi connectivity index (χ3n) is 5.17. The molecule has 0 aliphatic carbocycles. The Morgan fingerprint density at radius 2 is 1.50 bits per heavy atom. The number of nitrogens with two attached hydrogens (primary N) is 1. The lowest BCUT2D eigenvalue weighted by Gasteiger charge is -2.22. The molecule has 0 fully saturated rings. The maximum atomic E-state index is 11.7. The molecule has 3 aromatic rings. The van der Waals surface area contributed by atoms with E-state index < -0.39 is 11.0 Å². The highest BCUT2D eigenvalue weighted by Gasteiger charge is 2.19. The zero-order valence-electron chi connectivity index (χ0n) is 18.6. The van der Waals surface area contributed by atoms with Gasteiger partial charge >= 0.3 is 6.03 Å². The summed E-state index contributed by atoms with van der Waals surface area (Å²) in [5.74, 6) is 0.576. The van der Waals surface area contributed by atoms with Gasteiger partial charge in [-0.15, -0.1) is 0 Å². The van der Waals surface area contributed by atoms with Crippen molar-refractivity contribution in [2.75, 3.05) is 5.32 Å². The van der Waals surface area contributed by atoms with Gasteiger partial charge in [0.25, 0.3) is 5.69 Å². The number of hydrogen-bond donors (Lipinski definition) is 2. The van der Waals surface area contributed by atoms with Gasteiger partial charge in [-0.3, -0.25) is 10.1 Å². The number of nitro benzene ring substituents is 1. The molecule has 0 aromatic heterocycles. The van der Waals surface area contributed by atoms with E-state index >= 15 is 0 Å². The summed E-state index contributed by atoms with van der Waals surface area (Å²) < 4.78 is 0. The van der Waals surface area contributed by atoms with Crippen molar-refractivity contribution in [2.45, 2.75) is 49.3 Å². The number of nitro groups is 1. The number of anilines is 1. The maximum absolute atomic E-state index is 11.7. The number of benzene rings is 3. The molecule has 3 aromatic carbocycles. The molecule has 0 atom stereocenters. The molecule has 0 heterocycles. The number of amides is 2. The predicted molar refractivity (Wildman–Crippen MR) is 130 cm³/mol. The van der Waals surface area contributed by atoms with Crippen molar-refractivity contribution in [3.63, 3.8) is 0 Å². The van der Waals surface area contributed by atoms with E-state index in [9.17, 15) is 14.9 Å². The van der Waals surface area contributed by atoms with Gasteiger partial charge in [0.15, 0.2) is 0 Å². The third-order valence-corrected chi connectivity index (χ3v) is 6.17. The van der Waals surface area contributed by atoms with Crippen LogP contribution in [0.4, 0.5) is 16.2 Å². The van der Waals surface area contributed by atoms with Crippen LogP contribution >= 0.6 is 11.8 Å². The summed E-state index contributed by atoms with van der Waals surface area (Å²) in [6.07, 6.45) is 0. The molecule has 0 aliphatic rings. The molecule has 32 heavy (non-hydrogen) atoms. The van der Waals surface area contributed by atoms with Crippen LogP contribution in [0, 0.1) is 10.1 Å². The fraction of sp³-hybridized carbons (Fsp3) is 0.240. The Labute approximate surface area is 192 Å². The fourth-order valence-electron chi connectivity index (χ4n) is 3.67. The minimum absolute atomic E-state index is 0.0588. The number of non-ortho nitro benzene ring substituents is 1. The normalized spacial score (nSPS) is 11.1. The topological polar surface area (TPSA) is 98.3 Å². The number of carbonyl (C=O) groups is 1. The molecule has 0 spiro atoms. The molecule has 0 aliphatic heterocycles. The summed E-state index contributed by atoms with van der Waals surface area (Å²) in [6, 6.07) is 18.0. The second-order valence-electron chi connectivity index (χ2n) is 8.17. The van der Waals surface area contributed by atoms with Crippen LogP contribution in [0.5, 0.6) is 0 Å². The van der Waals surface area contributed by atoms with E-state index in [4.69, 9.17) is 5.73 Å². The van der Waals surface area contributed by atoms with Crippen molar-refractivity contribution < 1.29 is 9.72 Å². The van der Waals surface area contributed by atoms with Crippen molar-refractivity contribution >= 4 is 29.2 Å². The van der Waals surface area contributed by atoms with Crippen molar-refractivity contribution in [3.8, 4) is 11.1 Å². The summed E-state index contributed by atoms with van der Waals surface area (Å²) in [7, 11) is 0. The van der Waals surface area contributed by atoms with E-state index in [-0.39, 0.29) is 17.5 Å². The average Bonchev–Trinajstić information content (AvgIpc) is 2.74. The fourth-order valence-corrected chi connectivity index (χ4v) is 4.53. The first-order valence-electron chi connectivity index (χ1n) is 10.4. The number of urea groups is 1. The van der Waals surface area contributed by atoms with Gasteiger partial charge in [-0.2, -0.15) is 0 Å². The number of nitrogens with zero attached hydrogens (tertiary/aromatic N) is 1. The zero-order chi connectivity index (χ0) is 23.4. The Morgan fingerprint density at radius 3 is 2.00 bits per heavy atom. The van der Waals surface area contributed by atoms with Gasteiger partial charge in [-0.1, -0.05) is 57.7 Å². The van der Waals surface area contributed by atoms with Gasteiger partial charge in [-0.05, 0) is 58.9 Å². The molecule has 0 saturated heterocycles. The van der Waals surface area contributed by atoms with Crippen molar-refractivity contribution in [1.29, 1.82) is 0 Å². The second-order valence-corrected chi connectivity index (χ2v) is 9.32. The Hall–Kier alpha value is -3.32. The van der Waals surface area contributed by atoms with E-state index in [2.05, 4.69) is 51.2 Å². The molecule has 3 N–H and O–H groups in total. The quantitative estimate of drug-likeness (QED) is 0.295. The van der Waals surface area contributed by atoms with E-state index in [1.54, 1.807) is 12.1 Å². The molecule has 0 saturated carbocycles. The predicted octanol–water partition coefficient (Wildman–Crippen LogP) is 7.15. The minimum atomic E-state index is -0.616. The summed E-state index contributed by atoms with van der Waals surface area (Å²) in [5.41, 5.74) is 10.6. The highest BCUT2D eigenvalue weighted by atomic mass is 32.2. The first-order valence-corrected chi connectivity index (χ1v) is 11.2. The zero-order valence-corrected chi connectivity index (χ0v) is 19.4. The Bertz CT molecular complexity index is 1120. The van der Waals surface area contributed by atoms with Crippen LogP contribution in [0.25, 0.3) is 11.1 Å². The summed E-state index contributed by atoms with van der Waals surface area (Å²) >= 11 is 1.51. The molecule has 2 amide bonds. The standard InChI is InChI=1S/C25H27N3O3S/c1-15(2)20-6-5-7-21(16(3)4)24(20)22-14-19(12-13-23(22)27-25(26)29)32-18-10-8-17(9-11-18)28(30)31/h5-16H,1-4H3,(H3,26,27,29). The van der Waals surface area contributed by atoms with E-state index in [0.29, 0.717) is 5.69 Å². The van der Waals surface area contributed by atoms with Gasteiger partial charge in [0.05, 0.1) is 10.6 Å². The molecular formula is C25H27N3O3S. The molecule has 6 nitrogen and oxygen atoms in total. The Morgan fingerprint density at radius 1 is 0.938 bits per heavy atom. The van der Waals surface area contributed by atoms with Crippen LogP contribution in [0.2, 0.25) is 0 Å². The largest absolute Gasteiger partial charge is 0.351 e. The third kappa shape index (κ3) is 5.29. The first-order chi connectivity index (χ1) is 15.2. The average molecular weight is 450 g/mol. The second kappa shape index (κ2) is 9.87. The lowest BCUT2D eigenvalue weighted by Crippen LogP contribution is -2.20. The molecule has 0 radical (unpaired) electrons. The van der Waals surface area contributed by atoms with E-state index in [1.807, 2.05) is 18.2 Å². The van der Waals surface area contributed by atoms with Crippen LogP contribution in [0.3, 0.4) is 0 Å². The smallest absolute Gasteiger partial charge is 0.316 e. The summed E-state index contributed by atoms with van der Waals surface area (Å²) in [4.78, 5) is 24.1. The van der Waals surface area contributed by atoms with Crippen LogP contribution in [-0.4, -0.2) is 11.0 Å². The number of rotatable bonds is 7. The maximum Gasteiger partial charge on any atom is 0.316 e. The van der Waals surface area contributed by atoms with Crippen molar-refractivity contribution in [2.24, 2.45) is 5.73 Å². The van der Waals surface area contributed by atoms with Crippen molar-refractivity contribution in [3.05, 3.63) is 81.9 Å². The minimum Gasteiger partial charge on any atom is -0.351 e. The van der Waals surface area contributed by atoms with Crippen LogP contribution in [0.15, 0.2) is 70.5 Å². The number of nitrogens with one attached hydrogen (secondary N) is 1. The molecule has 0 unspecified atom stereocenters. The molecule has 166 valence electrons. The lowest BCUT2D eigenvalue weighted by atomic mass is 9.84. The van der Waals surface area contributed by atoms with E-state index in [0.717, 1.165) is 20.9 Å². The van der Waals surface area contributed by atoms with Gasteiger partial charge < -0.3 is 11.1 Å². The first kappa shape index (κ1) is 23.3. The van der Waals surface area contributed by atoms with E-state index in [1.165, 1.54) is 35.0 Å². The molecule has 0 bridgehead atoms. The Balaban J connectivity index is 2.14.